The Morgan fingerprint density at radius 1 is 0.840 bits per heavy atom. The lowest BCUT2D eigenvalue weighted by molar-refractivity contribution is -0.0232. The fourth-order valence-electron chi connectivity index (χ4n) is 3.79. The zero-order chi connectivity index (χ0) is 16.4. The predicted molar refractivity (Wildman–Crippen MR) is 99.7 cm³/mol. The molecule has 4 rings (SSSR count). The van der Waals surface area contributed by atoms with E-state index >= 15 is 0 Å². The van der Waals surface area contributed by atoms with Crippen LogP contribution in [-0.4, -0.2) is 30.4 Å². The Bertz CT molecular complexity index is 682. The van der Waals surface area contributed by atoms with E-state index in [4.69, 9.17) is 9.47 Å². The molecule has 1 saturated carbocycles. The summed E-state index contributed by atoms with van der Waals surface area (Å²) in [6, 6.07) is 17.3. The van der Waals surface area contributed by atoms with Gasteiger partial charge in [0.2, 0.25) is 0 Å². The summed E-state index contributed by atoms with van der Waals surface area (Å²) in [5.41, 5.74) is 0. The van der Waals surface area contributed by atoms with Crippen molar-refractivity contribution in [3.05, 3.63) is 54.6 Å². The molecule has 4 atom stereocenters. The second kappa shape index (κ2) is 8.09. The van der Waals surface area contributed by atoms with Crippen LogP contribution < -0.4 is 14.8 Å². The van der Waals surface area contributed by atoms with E-state index in [1.54, 1.807) is 0 Å². The van der Waals surface area contributed by atoms with Crippen molar-refractivity contribution in [2.45, 2.75) is 25.0 Å². The van der Waals surface area contributed by atoms with Crippen LogP contribution >= 0.6 is 12.4 Å². The van der Waals surface area contributed by atoms with Crippen LogP contribution in [0.5, 0.6) is 17.2 Å². The number of nitrogens with one attached hydrogen (secondary N) is 1. The van der Waals surface area contributed by atoms with Crippen LogP contribution in [0.3, 0.4) is 0 Å². The Kier molecular flexibility index (Phi) is 5.84. The van der Waals surface area contributed by atoms with E-state index in [1.165, 1.54) is 0 Å². The normalized spacial score (nSPS) is 27.9. The van der Waals surface area contributed by atoms with Crippen LogP contribution in [0.15, 0.2) is 54.6 Å². The number of rotatable bonds is 4. The second-order valence-electron chi connectivity index (χ2n) is 6.76. The Balaban J connectivity index is 0.00000182. The van der Waals surface area contributed by atoms with E-state index < -0.39 is 6.10 Å². The lowest BCUT2D eigenvalue weighted by Gasteiger charge is -2.35. The first-order valence-electron chi connectivity index (χ1n) is 8.66. The van der Waals surface area contributed by atoms with E-state index in [0.29, 0.717) is 11.8 Å². The third-order valence-corrected chi connectivity index (χ3v) is 5.06. The summed E-state index contributed by atoms with van der Waals surface area (Å²) in [6.45, 7) is 2.06. The van der Waals surface area contributed by atoms with Gasteiger partial charge in [0, 0.05) is 6.07 Å². The number of hydrogen-bond donors (Lipinski definition) is 2. The number of hydrogen-bond acceptors (Lipinski definition) is 4. The summed E-state index contributed by atoms with van der Waals surface area (Å²) in [4.78, 5) is 0. The molecule has 0 unspecified atom stereocenters. The van der Waals surface area contributed by atoms with Crippen LogP contribution in [0.1, 0.15) is 12.8 Å². The SMILES string of the molecule is Cl.O[C@@H]1C[C@H]2CNC[C@H]2C[C@H]1Oc1cccc(Oc2ccccc2)c1. The largest absolute Gasteiger partial charge is 0.488 e. The molecule has 2 aromatic rings. The van der Waals surface area contributed by atoms with Crippen molar-refractivity contribution in [2.24, 2.45) is 11.8 Å². The van der Waals surface area contributed by atoms with Gasteiger partial charge in [0.15, 0.2) is 0 Å². The molecule has 2 aromatic carbocycles. The zero-order valence-corrected chi connectivity index (χ0v) is 14.8. The lowest BCUT2D eigenvalue weighted by atomic mass is 9.78. The Morgan fingerprint density at radius 2 is 1.52 bits per heavy atom. The fourth-order valence-corrected chi connectivity index (χ4v) is 3.79. The summed E-state index contributed by atoms with van der Waals surface area (Å²) in [5, 5.41) is 13.8. The Labute approximate surface area is 154 Å². The van der Waals surface area contributed by atoms with Gasteiger partial charge in [-0.15, -0.1) is 12.4 Å². The number of para-hydroxylation sites is 1. The van der Waals surface area contributed by atoms with Crippen molar-refractivity contribution >= 4 is 12.4 Å². The molecule has 0 bridgehead atoms. The average molecular weight is 362 g/mol. The minimum atomic E-state index is -0.398. The second-order valence-corrected chi connectivity index (χ2v) is 6.76. The molecular formula is C20H24ClNO3. The zero-order valence-electron chi connectivity index (χ0n) is 14.0. The highest BCUT2D eigenvalue weighted by Crippen LogP contribution is 2.35. The Hall–Kier alpha value is -1.75. The maximum atomic E-state index is 10.4. The first-order valence-corrected chi connectivity index (χ1v) is 8.66. The van der Waals surface area contributed by atoms with Crippen LogP contribution in [0.25, 0.3) is 0 Å². The van der Waals surface area contributed by atoms with Crippen LogP contribution in [-0.2, 0) is 0 Å². The maximum absolute atomic E-state index is 10.4. The van der Waals surface area contributed by atoms with Gasteiger partial charge in [-0.25, -0.2) is 0 Å². The van der Waals surface area contributed by atoms with Gasteiger partial charge >= 0.3 is 0 Å². The molecule has 25 heavy (non-hydrogen) atoms. The maximum Gasteiger partial charge on any atom is 0.131 e. The molecule has 2 fully saturated rings. The van der Waals surface area contributed by atoms with Crippen LogP contribution in [0.2, 0.25) is 0 Å². The lowest BCUT2D eigenvalue weighted by Crippen LogP contribution is -2.42. The van der Waals surface area contributed by atoms with Crippen molar-refractivity contribution in [1.29, 1.82) is 0 Å². The molecule has 1 heterocycles. The minimum Gasteiger partial charge on any atom is -0.488 e. The fraction of sp³-hybridized carbons (Fsp3) is 0.400. The summed E-state index contributed by atoms with van der Waals surface area (Å²) in [6.07, 6.45) is 1.19. The van der Waals surface area contributed by atoms with Gasteiger partial charge in [0.25, 0.3) is 0 Å². The molecule has 4 nitrogen and oxygen atoms in total. The molecular weight excluding hydrogens is 338 g/mol. The first kappa shape index (κ1) is 18.1. The van der Waals surface area contributed by atoms with Gasteiger partial charge in [0.05, 0.1) is 6.10 Å². The van der Waals surface area contributed by atoms with Gasteiger partial charge in [0.1, 0.15) is 23.4 Å². The van der Waals surface area contributed by atoms with Crippen molar-refractivity contribution in [1.82, 2.24) is 5.32 Å². The predicted octanol–water partition coefficient (Wildman–Crippen LogP) is 3.64. The van der Waals surface area contributed by atoms with Crippen LogP contribution in [0, 0.1) is 11.8 Å². The number of aliphatic hydroxyl groups excluding tert-OH is 1. The third-order valence-electron chi connectivity index (χ3n) is 5.06. The molecule has 0 amide bonds. The van der Waals surface area contributed by atoms with E-state index in [0.717, 1.165) is 43.2 Å². The number of benzene rings is 2. The highest BCUT2D eigenvalue weighted by Gasteiger charge is 2.39. The van der Waals surface area contributed by atoms with E-state index in [2.05, 4.69) is 5.32 Å². The number of fused-ring (bicyclic) bond motifs is 1. The molecule has 1 saturated heterocycles. The smallest absolute Gasteiger partial charge is 0.131 e. The summed E-state index contributed by atoms with van der Waals surface area (Å²) >= 11 is 0. The number of halogens is 1. The number of aliphatic hydroxyl groups is 1. The molecule has 0 spiro atoms. The third kappa shape index (κ3) is 4.27. The van der Waals surface area contributed by atoms with Gasteiger partial charge in [-0.3, -0.25) is 0 Å². The Morgan fingerprint density at radius 3 is 2.32 bits per heavy atom. The standard InChI is InChI=1S/C20H23NO3.ClH/c22-19-9-14-12-21-13-15(14)10-20(19)24-18-8-4-7-17(11-18)23-16-5-2-1-3-6-16;/h1-8,11,14-15,19-22H,9-10,12-13H2;1H/t14-,15+,19+,20+;/m0./s1. The van der Waals surface area contributed by atoms with Crippen molar-refractivity contribution < 1.29 is 14.6 Å². The monoisotopic (exact) mass is 361 g/mol. The van der Waals surface area contributed by atoms with Crippen molar-refractivity contribution in [3.8, 4) is 17.2 Å². The highest BCUT2D eigenvalue weighted by molar-refractivity contribution is 5.85. The molecule has 5 heteroatoms. The van der Waals surface area contributed by atoms with E-state index in [9.17, 15) is 5.11 Å². The van der Waals surface area contributed by atoms with E-state index in [-0.39, 0.29) is 18.5 Å². The molecule has 0 aromatic heterocycles. The average Bonchev–Trinajstić information content (AvgIpc) is 3.03. The quantitative estimate of drug-likeness (QED) is 0.873. The summed E-state index contributed by atoms with van der Waals surface area (Å²) in [5.74, 6) is 3.49. The molecule has 1 aliphatic carbocycles. The molecule has 134 valence electrons. The van der Waals surface area contributed by atoms with Gasteiger partial charge in [-0.05, 0) is 62.0 Å². The first-order chi connectivity index (χ1) is 11.8. The van der Waals surface area contributed by atoms with Gasteiger partial charge < -0.3 is 19.9 Å². The summed E-state index contributed by atoms with van der Waals surface area (Å²) in [7, 11) is 0. The van der Waals surface area contributed by atoms with Gasteiger partial charge in [-0.2, -0.15) is 0 Å². The molecule has 1 aliphatic heterocycles. The number of ether oxygens (including phenoxy) is 2. The van der Waals surface area contributed by atoms with Gasteiger partial charge in [-0.1, -0.05) is 24.3 Å². The summed E-state index contributed by atoms with van der Waals surface area (Å²) < 4.78 is 11.9. The molecule has 0 radical (unpaired) electrons. The minimum absolute atomic E-state index is 0. The molecule has 2 aliphatic rings. The van der Waals surface area contributed by atoms with E-state index in [1.807, 2.05) is 54.6 Å². The van der Waals surface area contributed by atoms with Crippen molar-refractivity contribution in [3.63, 3.8) is 0 Å². The van der Waals surface area contributed by atoms with Crippen LogP contribution in [0.4, 0.5) is 0 Å². The topological polar surface area (TPSA) is 50.7 Å². The molecule has 2 N–H and O–H groups in total. The highest BCUT2D eigenvalue weighted by atomic mass is 35.5. The van der Waals surface area contributed by atoms with Crippen molar-refractivity contribution in [2.75, 3.05) is 13.1 Å².